The predicted molar refractivity (Wildman–Crippen MR) is 73.7 cm³/mol. The number of pyridine rings is 1. The Bertz CT molecular complexity index is 599. The lowest BCUT2D eigenvalue weighted by Crippen LogP contribution is -2.51. The maximum atomic E-state index is 12.3. The van der Waals surface area contributed by atoms with Crippen molar-refractivity contribution in [3.63, 3.8) is 0 Å². The van der Waals surface area contributed by atoms with Gasteiger partial charge in [-0.1, -0.05) is 0 Å². The van der Waals surface area contributed by atoms with E-state index in [2.05, 4.69) is 20.4 Å². The molecule has 2 N–H and O–H groups in total. The molecule has 1 aromatic heterocycles. The van der Waals surface area contributed by atoms with Gasteiger partial charge < -0.3 is 15.4 Å². The third-order valence-electron chi connectivity index (χ3n) is 3.57. The van der Waals surface area contributed by atoms with E-state index >= 15 is 0 Å². The van der Waals surface area contributed by atoms with Crippen molar-refractivity contribution in [3.05, 3.63) is 23.9 Å². The van der Waals surface area contributed by atoms with Gasteiger partial charge in [0.1, 0.15) is 0 Å². The van der Waals surface area contributed by atoms with Gasteiger partial charge in [0.25, 0.3) is 0 Å². The van der Waals surface area contributed by atoms with Gasteiger partial charge in [0, 0.05) is 24.8 Å². The van der Waals surface area contributed by atoms with Crippen LogP contribution in [0.1, 0.15) is 18.4 Å². The van der Waals surface area contributed by atoms with Gasteiger partial charge in [-0.05, 0) is 24.5 Å². The molecule has 0 spiro atoms. The highest BCUT2D eigenvalue weighted by Crippen LogP contribution is 2.40. The molecular formula is C14H15F6N3O2. The van der Waals surface area contributed by atoms with E-state index in [1.165, 1.54) is 18.3 Å². The Morgan fingerprint density at radius 3 is 2.52 bits per heavy atom. The number of carbonyl (C=O) groups is 1. The molecular weight excluding hydrogens is 356 g/mol. The van der Waals surface area contributed by atoms with Gasteiger partial charge in [-0.15, -0.1) is 0 Å². The number of carbonyl (C=O) groups excluding carboxylic acids is 1. The SMILES string of the molecule is O=C(NCc1ccnc(OCC(F)(F)F)c1)N[C@H]1C[C@H](C(F)(F)F)C1. The minimum absolute atomic E-state index is 0.0356. The van der Waals surface area contributed by atoms with E-state index in [-0.39, 0.29) is 25.3 Å². The van der Waals surface area contributed by atoms with Crippen LogP contribution in [0.2, 0.25) is 0 Å². The molecule has 25 heavy (non-hydrogen) atoms. The molecule has 1 aromatic rings. The van der Waals surface area contributed by atoms with Crippen molar-refractivity contribution < 1.29 is 35.9 Å². The van der Waals surface area contributed by atoms with Gasteiger partial charge >= 0.3 is 18.4 Å². The summed E-state index contributed by atoms with van der Waals surface area (Å²) in [5, 5.41) is 4.82. The molecule has 2 amide bonds. The largest absolute Gasteiger partial charge is 0.468 e. The van der Waals surface area contributed by atoms with Gasteiger partial charge in [-0.25, -0.2) is 9.78 Å². The smallest absolute Gasteiger partial charge is 0.422 e. The summed E-state index contributed by atoms with van der Waals surface area (Å²) in [4.78, 5) is 15.2. The molecule has 0 saturated heterocycles. The molecule has 2 rings (SSSR count). The zero-order valence-electron chi connectivity index (χ0n) is 12.7. The second-order valence-electron chi connectivity index (χ2n) is 5.64. The molecule has 0 bridgehead atoms. The molecule has 1 heterocycles. The summed E-state index contributed by atoms with van der Waals surface area (Å²) in [6, 6.07) is 1.49. The molecule has 1 aliphatic carbocycles. The predicted octanol–water partition coefficient (Wildman–Crippen LogP) is 3.16. The molecule has 0 atom stereocenters. The van der Waals surface area contributed by atoms with Crippen LogP contribution < -0.4 is 15.4 Å². The molecule has 0 unspecified atom stereocenters. The number of halogens is 6. The first-order valence-corrected chi connectivity index (χ1v) is 7.28. The molecule has 1 saturated carbocycles. The number of nitrogens with zero attached hydrogens (tertiary/aromatic N) is 1. The van der Waals surface area contributed by atoms with E-state index < -0.39 is 37.0 Å². The fourth-order valence-corrected chi connectivity index (χ4v) is 2.22. The maximum absolute atomic E-state index is 12.3. The monoisotopic (exact) mass is 371 g/mol. The third-order valence-corrected chi connectivity index (χ3v) is 3.57. The minimum atomic E-state index is -4.49. The Kier molecular flexibility index (Phi) is 5.63. The van der Waals surface area contributed by atoms with Crippen LogP contribution in [-0.4, -0.2) is 36.0 Å². The summed E-state index contributed by atoms with van der Waals surface area (Å²) >= 11 is 0. The standard InChI is InChI=1S/C14H15F6N3O2/c15-13(16,17)7-25-11-3-8(1-2-21-11)6-22-12(24)23-10-4-9(5-10)14(18,19)20/h1-3,9-10H,4-7H2,(H2,22,23,24)/t9-,10-. The van der Waals surface area contributed by atoms with E-state index in [0.29, 0.717) is 5.56 Å². The van der Waals surface area contributed by atoms with Gasteiger partial charge in [-0.3, -0.25) is 0 Å². The van der Waals surface area contributed by atoms with E-state index in [1.807, 2.05) is 0 Å². The van der Waals surface area contributed by atoms with E-state index in [1.54, 1.807) is 0 Å². The number of amides is 2. The average molecular weight is 371 g/mol. The molecule has 5 nitrogen and oxygen atoms in total. The molecule has 1 fully saturated rings. The number of aromatic nitrogens is 1. The van der Waals surface area contributed by atoms with Crippen LogP contribution in [0.5, 0.6) is 5.88 Å². The summed E-state index contributed by atoms with van der Waals surface area (Å²) in [6.45, 7) is -1.52. The fraction of sp³-hybridized carbons (Fsp3) is 0.571. The van der Waals surface area contributed by atoms with Gasteiger partial charge in [0.05, 0.1) is 5.92 Å². The van der Waals surface area contributed by atoms with E-state index in [9.17, 15) is 31.1 Å². The summed E-state index contributed by atoms with van der Waals surface area (Å²) in [5.41, 5.74) is 0.434. The Labute approximate surface area is 138 Å². The second kappa shape index (κ2) is 7.36. The van der Waals surface area contributed by atoms with Crippen molar-refractivity contribution in [2.45, 2.75) is 37.8 Å². The van der Waals surface area contributed by atoms with Gasteiger partial charge in [-0.2, -0.15) is 26.3 Å². The Hall–Kier alpha value is -2.20. The maximum Gasteiger partial charge on any atom is 0.422 e. The van der Waals surface area contributed by atoms with Crippen LogP contribution in [0.15, 0.2) is 18.3 Å². The average Bonchev–Trinajstić information content (AvgIpc) is 2.45. The van der Waals surface area contributed by atoms with Crippen molar-refractivity contribution in [1.82, 2.24) is 15.6 Å². The molecule has 0 radical (unpaired) electrons. The van der Waals surface area contributed by atoms with Crippen LogP contribution in [-0.2, 0) is 6.54 Å². The van der Waals surface area contributed by atoms with Crippen molar-refractivity contribution in [3.8, 4) is 5.88 Å². The van der Waals surface area contributed by atoms with Gasteiger partial charge in [0.2, 0.25) is 5.88 Å². The molecule has 0 aliphatic heterocycles. The Balaban J connectivity index is 1.73. The molecule has 0 aromatic carbocycles. The lowest BCUT2D eigenvalue weighted by atomic mass is 9.80. The van der Waals surface area contributed by atoms with Crippen LogP contribution in [0.4, 0.5) is 31.1 Å². The van der Waals surface area contributed by atoms with Gasteiger partial charge in [0.15, 0.2) is 6.61 Å². The Morgan fingerprint density at radius 1 is 1.24 bits per heavy atom. The highest BCUT2D eigenvalue weighted by atomic mass is 19.4. The summed E-state index contributed by atoms with van der Waals surface area (Å²) < 4.78 is 77.7. The van der Waals surface area contributed by atoms with E-state index in [0.717, 1.165) is 0 Å². The third kappa shape index (κ3) is 6.31. The highest BCUT2D eigenvalue weighted by Gasteiger charge is 2.48. The number of hydrogen-bond donors (Lipinski definition) is 2. The van der Waals surface area contributed by atoms with E-state index in [4.69, 9.17) is 0 Å². The number of rotatable bonds is 5. The van der Waals surface area contributed by atoms with Crippen LogP contribution in [0, 0.1) is 5.92 Å². The summed E-state index contributed by atoms with van der Waals surface area (Å²) in [7, 11) is 0. The fourth-order valence-electron chi connectivity index (χ4n) is 2.22. The number of hydrogen-bond acceptors (Lipinski definition) is 3. The molecule has 11 heteroatoms. The minimum Gasteiger partial charge on any atom is -0.468 e. The zero-order valence-corrected chi connectivity index (χ0v) is 12.7. The highest BCUT2D eigenvalue weighted by molar-refractivity contribution is 5.74. The van der Waals surface area contributed by atoms with Crippen LogP contribution in [0.3, 0.4) is 0 Å². The zero-order chi connectivity index (χ0) is 18.7. The van der Waals surface area contributed by atoms with Crippen molar-refractivity contribution in [2.75, 3.05) is 6.61 Å². The molecule has 1 aliphatic rings. The topological polar surface area (TPSA) is 63.2 Å². The van der Waals surface area contributed by atoms with Crippen LogP contribution in [0.25, 0.3) is 0 Å². The van der Waals surface area contributed by atoms with Crippen LogP contribution >= 0.6 is 0 Å². The first kappa shape index (κ1) is 19.1. The first-order chi connectivity index (χ1) is 11.5. The second-order valence-corrected chi connectivity index (χ2v) is 5.64. The number of alkyl halides is 6. The lowest BCUT2D eigenvalue weighted by molar-refractivity contribution is -0.198. The summed E-state index contributed by atoms with van der Waals surface area (Å²) in [6.07, 6.45) is -7.85. The number of nitrogens with one attached hydrogen (secondary N) is 2. The van der Waals surface area contributed by atoms with Crippen molar-refractivity contribution >= 4 is 6.03 Å². The van der Waals surface area contributed by atoms with Crippen molar-refractivity contribution in [2.24, 2.45) is 5.92 Å². The first-order valence-electron chi connectivity index (χ1n) is 7.28. The normalized spacial score (nSPS) is 20.6. The number of ether oxygens (including phenoxy) is 1. The Morgan fingerprint density at radius 2 is 1.92 bits per heavy atom. The lowest BCUT2D eigenvalue weighted by Gasteiger charge is -2.36. The number of urea groups is 1. The molecule has 140 valence electrons. The quantitative estimate of drug-likeness (QED) is 0.782. The van der Waals surface area contributed by atoms with Crippen molar-refractivity contribution in [1.29, 1.82) is 0 Å². The summed E-state index contributed by atoms with van der Waals surface area (Å²) in [5.74, 6) is -1.64.